The van der Waals surface area contributed by atoms with Crippen LogP contribution in [-0.2, 0) is 10.0 Å². The van der Waals surface area contributed by atoms with Crippen LogP contribution in [0.2, 0.25) is 0 Å². The first kappa shape index (κ1) is 18.7. The van der Waals surface area contributed by atoms with Crippen LogP contribution in [0.25, 0.3) is 0 Å². The first-order valence-electron chi connectivity index (χ1n) is 9.17. The Hall–Kier alpha value is -2.05. The van der Waals surface area contributed by atoms with Gasteiger partial charge in [0.15, 0.2) is 0 Å². The quantitative estimate of drug-likeness (QED) is 0.840. The fourth-order valence-corrected chi connectivity index (χ4v) is 4.77. The van der Waals surface area contributed by atoms with Gasteiger partial charge in [-0.2, -0.15) is 0 Å². The van der Waals surface area contributed by atoms with E-state index in [1.54, 1.807) is 11.0 Å². The average molecular weight is 375 g/mol. The molecule has 1 heterocycles. The molecular formula is C20H28N3O2S+. The molecule has 0 radical (unpaired) electrons. The predicted molar refractivity (Wildman–Crippen MR) is 107 cm³/mol. The van der Waals surface area contributed by atoms with Gasteiger partial charge in [-0.05, 0) is 62.2 Å². The highest BCUT2D eigenvalue weighted by atomic mass is 32.2. The van der Waals surface area contributed by atoms with Gasteiger partial charge in [-0.3, -0.25) is 4.72 Å². The molecule has 0 saturated carbocycles. The standard InChI is InChI=1S/C20H27N3O2S/c1-4-22-11-13-23(14-12-22)19-9-7-18(8-10-19)21-26(24,25)20-15-16(2)5-6-17(20)3/h5-10,15,21H,4,11-14H2,1-3H3/p+1. The van der Waals surface area contributed by atoms with Crippen molar-refractivity contribution in [2.75, 3.05) is 42.3 Å². The van der Waals surface area contributed by atoms with Crippen molar-refractivity contribution < 1.29 is 13.3 Å². The number of benzene rings is 2. The number of hydrogen-bond donors (Lipinski definition) is 2. The highest BCUT2D eigenvalue weighted by Gasteiger charge is 2.20. The zero-order chi connectivity index (χ0) is 18.7. The van der Waals surface area contributed by atoms with Crippen molar-refractivity contribution in [3.63, 3.8) is 0 Å². The summed E-state index contributed by atoms with van der Waals surface area (Å²) in [4.78, 5) is 4.33. The zero-order valence-electron chi connectivity index (χ0n) is 15.7. The second-order valence-corrected chi connectivity index (χ2v) is 8.66. The minimum absolute atomic E-state index is 0.334. The highest BCUT2D eigenvalue weighted by molar-refractivity contribution is 7.92. The maximum Gasteiger partial charge on any atom is 0.262 e. The third-order valence-electron chi connectivity index (χ3n) is 5.09. The first-order valence-corrected chi connectivity index (χ1v) is 10.7. The normalized spacial score (nSPS) is 15.9. The van der Waals surface area contributed by atoms with Gasteiger partial charge in [-0.25, -0.2) is 8.42 Å². The summed E-state index contributed by atoms with van der Waals surface area (Å²) in [5.41, 5.74) is 3.41. The summed E-state index contributed by atoms with van der Waals surface area (Å²) in [6.07, 6.45) is 0. The van der Waals surface area contributed by atoms with Gasteiger partial charge < -0.3 is 9.80 Å². The molecule has 0 unspecified atom stereocenters. The van der Waals surface area contributed by atoms with Crippen LogP contribution in [0.5, 0.6) is 0 Å². The van der Waals surface area contributed by atoms with Gasteiger partial charge in [0.25, 0.3) is 10.0 Å². The van der Waals surface area contributed by atoms with Crippen LogP contribution in [0.4, 0.5) is 11.4 Å². The lowest BCUT2D eigenvalue weighted by atomic mass is 10.2. The third-order valence-corrected chi connectivity index (χ3v) is 6.61. The minimum atomic E-state index is -3.58. The number of sulfonamides is 1. The molecule has 5 nitrogen and oxygen atoms in total. The summed E-state index contributed by atoms with van der Waals surface area (Å²) in [6.45, 7) is 11.5. The highest BCUT2D eigenvalue weighted by Crippen LogP contribution is 2.23. The topological polar surface area (TPSA) is 53.9 Å². The van der Waals surface area contributed by atoms with Crippen molar-refractivity contribution in [3.8, 4) is 0 Å². The van der Waals surface area contributed by atoms with E-state index in [-0.39, 0.29) is 0 Å². The number of nitrogens with one attached hydrogen (secondary N) is 2. The minimum Gasteiger partial charge on any atom is -0.360 e. The number of piperazine rings is 1. The Kier molecular flexibility index (Phi) is 5.53. The maximum absolute atomic E-state index is 12.7. The van der Waals surface area contributed by atoms with Crippen molar-refractivity contribution in [1.82, 2.24) is 0 Å². The Morgan fingerprint density at radius 2 is 1.69 bits per heavy atom. The first-order chi connectivity index (χ1) is 12.4. The van der Waals surface area contributed by atoms with Crippen molar-refractivity contribution >= 4 is 21.4 Å². The number of aryl methyl sites for hydroxylation is 2. The number of hydrogen-bond acceptors (Lipinski definition) is 3. The molecule has 1 saturated heterocycles. The van der Waals surface area contributed by atoms with E-state index < -0.39 is 10.0 Å². The van der Waals surface area contributed by atoms with Gasteiger partial charge in [0.1, 0.15) is 0 Å². The van der Waals surface area contributed by atoms with Crippen molar-refractivity contribution in [2.24, 2.45) is 0 Å². The molecule has 2 N–H and O–H groups in total. The van der Waals surface area contributed by atoms with Gasteiger partial charge >= 0.3 is 0 Å². The molecule has 0 atom stereocenters. The third kappa shape index (κ3) is 4.19. The molecule has 26 heavy (non-hydrogen) atoms. The number of likely N-dealkylation sites (N-methyl/N-ethyl adjacent to an activating group) is 1. The van der Waals surface area contributed by atoms with E-state index in [4.69, 9.17) is 0 Å². The molecule has 140 valence electrons. The van der Waals surface area contributed by atoms with Gasteiger partial charge in [-0.1, -0.05) is 12.1 Å². The van der Waals surface area contributed by atoms with Crippen LogP contribution in [0.15, 0.2) is 47.4 Å². The van der Waals surface area contributed by atoms with E-state index in [1.165, 1.54) is 6.54 Å². The molecule has 0 amide bonds. The van der Waals surface area contributed by atoms with Crippen molar-refractivity contribution in [3.05, 3.63) is 53.6 Å². The Bertz CT molecular complexity index is 855. The summed E-state index contributed by atoms with van der Waals surface area (Å²) in [7, 11) is -3.58. The largest absolute Gasteiger partial charge is 0.360 e. The van der Waals surface area contributed by atoms with Gasteiger partial charge in [0, 0.05) is 11.4 Å². The molecule has 3 rings (SSSR count). The summed E-state index contributed by atoms with van der Waals surface area (Å²) in [5.74, 6) is 0. The fourth-order valence-electron chi connectivity index (χ4n) is 3.38. The van der Waals surface area contributed by atoms with Gasteiger partial charge in [-0.15, -0.1) is 0 Å². The molecule has 2 aromatic carbocycles. The molecular weight excluding hydrogens is 346 g/mol. The summed E-state index contributed by atoms with van der Waals surface area (Å²) in [6, 6.07) is 13.2. The SMILES string of the molecule is CC[NH+]1CCN(c2ccc(NS(=O)(=O)c3cc(C)ccc3C)cc2)CC1. The molecule has 0 bridgehead atoms. The number of quaternary nitrogens is 1. The Labute approximate surface area is 156 Å². The van der Waals surface area contributed by atoms with Crippen LogP contribution < -0.4 is 14.5 Å². The molecule has 2 aromatic rings. The second kappa shape index (κ2) is 7.68. The molecule has 0 aliphatic carbocycles. The lowest BCUT2D eigenvalue weighted by Crippen LogP contribution is -3.14. The maximum atomic E-state index is 12.7. The summed E-state index contributed by atoms with van der Waals surface area (Å²) < 4.78 is 28.1. The van der Waals surface area contributed by atoms with E-state index in [0.29, 0.717) is 10.6 Å². The fraction of sp³-hybridized carbons (Fsp3) is 0.400. The molecule has 6 heteroatoms. The lowest BCUT2D eigenvalue weighted by Gasteiger charge is -2.33. The van der Waals surface area contributed by atoms with Crippen LogP contribution in [0.1, 0.15) is 18.1 Å². The van der Waals surface area contributed by atoms with Crippen molar-refractivity contribution in [1.29, 1.82) is 0 Å². The van der Waals surface area contributed by atoms with Crippen LogP contribution in [-0.4, -0.2) is 41.1 Å². The van der Waals surface area contributed by atoms with Gasteiger partial charge in [0.2, 0.25) is 0 Å². The van der Waals surface area contributed by atoms with E-state index >= 15 is 0 Å². The Balaban J connectivity index is 1.72. The van der Waals surface area contributed by atoms with Crippen LogP contribution in [0, 0.1) is 13.8 Å². The van der Waals surface area contributed by atoms with Crippen LogP contribution in [0.3, 0.4) is 0 Å². The monoisotopic (exact) mass is 374 g/mol. The van der Waals surface area contributed by atoms with Gasteiger partial charge in [0.05, 0.1) is 37.6 Å². The zero-order valence-corrected chi connectivity index (χ0v) is 16.6. The Morgan fingerprint density at radius 3 is 2.31 bits per heavy atom. The average Bonchev–Trinajstić information content (AvgIpc) is 2.64. The second-order valence-electron chi connectivity index (χ2n) is 7.01. The summed E-state index contributed by atoms with van der Waals surface area (Å²) in [5, 5.41) is 0. The Morgan fingerprint density at radius 1 is 1.04 bits per heavy atom. The van der Waals surface area contributed by atoms with E-state index in [1.807, 2.05) is 50.2 Å². The number of nitrogens with zero attached hydrogens (tertiary/aromatic N) is 1. The van der Waals surface area contributed by atoms with Crippen molar-refractivity contribution in [2.45, 2.75) is 25.7 Å². The van der Waals surface area contributed by atoms with Crippen LogP contribution >= 0.6 is 0 Å². The molecule has 0 spiro atoms. The van der Waals surface area contributed by atoms with E-state index in [0.717, 1.165) is 43.0 Å². The van der Waals surface area contributed by atoms with E-state index in [9.17, 15) is 8.42 Å². The molecule has 1 aliphatic heterocycles. The predicted octanol–water partition coefficient (Wildman–Crippen LogP) is 1.83. The molecule has 0 aromatic heterocycles. The number of rotatable bonds is 5. The van der Waals surface area contributed by atoms with E-state index in [2.05, 4.69) is 16.5 Å². The lowest BCUT2D eigenvalue weighted by molar-refractivity contribution is -0.898. The molecule has 1 aliphatic rings. The molecule has 1 fully saturated rings. The number of anilines is 2. The summed E-state index contributed by atoms with van der Waals surface area (Å²) >= 11 is 0. The smallest absolute Gasteiger partial charge is 0.262 e.